The van der Waals surface area contributed by atoms with Gasteiger partial charge in [-0.05, 0) is 26.7 Å². The van der Waals surface area contributed by atoms with Crippen LogP contribution in [-0.4, -0.2) is 34.3 Å². The highest BCUT2D eigenvalue weighted by Crippen LogP contribution is 2.23. The van der Waals surface area contributed by atoms with E-state index in [9.17, 15) is 0 Å². The second kappa shape index (κ2) is 4.96. The van der Waals surface area contributed by atoms with E-state index in [1.165, 1.54) is 12.8 Å². The Morgan fingerprint density at radius 3 is 2.47 bits per heavy atom. The minimum atomic E-state index is 0.221. The number of nitrogens with zero attached hydrogens (tertiary/aromatic N) is 4. The van der Waals surface area contributed by atoms with Crippen LogP contribution in [0.3, 0.4) is 0 Å². The molecule has 0 spiro atoms. The molecular weight excluding hydrogens is 214 g/mol. The van der Waals surface area contributed by atoms with E-state index in [4.69, 9.17) is 5.73 Å². The molecule has 2 rings (SSSR count). The molecular formula is C12H21N5. The standard InChI is InChI=1S/C12H21N5/c1-8-9(2)15-16-12(14-8)17(3)11-7-5-4-6-10(11)13/h10-11H,4-7,13H2,1-3H3. The SMILES string of the molecule is Cc1nnc(N(C)C2CCCCC2N)nc1C. The first-order valence-corrected chi connectivity index (χ1v) is 6.26. The summed E-state index contributed by atoms with van der Waals surface area (Å²) in [6.07, 6.45) is 4.68. The maximum atomic E-state index is 6.17. The van der Waals surface area contributed by atoms with E-state index in [2.05, 4.69) is 20.1 Å². The van der Waals surface area contributed by atoms with Gasteiger partial charge in [-0.15, -0.1) is 5.10 Å². The number of nitrogens with two attached hydrogens (primary N) is 1. The normalized spacial score (nSPS) is 24.7. The van der Waals surface area contributed by atoms with Crippen LogP contribution in [0.5, 0.6) is 0 Å². The summed E-state index contributed by atoms with van der Waals surface area (Å²) >= 11 is 0. The Morgan fingerprint density at radius 2 is 1.82 bits per heavy atom. The van der Waals surface area contributed by atoms with Gasteiger partial charge in [-0.2, -0.15) is 5.10 Å². The van der Waals surface area contributed by atoms with Gasteiger partial charge in [0.2, 0.25) is 5.95 Å². The van der Waals surface area contributed by atoms with Gasteiger partial charge < -0.3 is 10.6 Å². The first-order valence-electron chi connectivity index (χ1n) is 6.26. The van der Waals surface area contributed by atoms with E-state index in [-0.39, 0.29) is 6.04 Å². The zero-order valence-corrected chi connectivity index (χ0v) is 10.8. The Hall–Kier alpha value is -1.23. The Labute approximate surface area is 102 Å². The van der Waals surface area contributed by atoms with E-state index < -0.39 is 0 Å². The fourth-order valence-corrected chi connectivity index (χ4v) is 2.36. The fraction of sp³-hybridized carbons (Fsp3) is 0.750. The third-order valence-corrected chi connectivity index (χ3v) is 3.68. The van der Waals surface area contributed by atoms with Crippen LogP contribution in [0.4, 0.5) is 5.95 Å². The molecule has 0 aromatic carbocycles. The number of rotatable bonds is 2. The highest BCUT2D eigenvalue weighted by atomic mass is 15.3. The third kappa shape index (κ3) is 2.54. The molecule has 5 heteroatoms. The van der Waals surface area contributed by atoms with Crippen molar-refractivity contribution in [2.45, 2.75) is 51.6 Å². The van der Waals surface area contributed by atoms with Crippen molar-refractivity contribution in [2.24, 2.45) is 5.73 Å². The van der Waals surface area contributed by atoms with Crippen LogP contribution in [0.15, 0.2) is 0 Å². The second-order valence-corrected chi connectivity index (χ2v) is 4.91. The zero-order chi connectivity index (χ0) is 12.4. The van der Waals surface area contributed by atoms with E-state index >= 15 is 0 Å². The van der Waals surface area contributed by atoms with Crippen LogP contribution in [0.25, 0.3) is 0 Å². The third-order valence-electron chi connectivity index (χ3n) is 3.68. The largest absolute Gasteiger partial charge is 0.338 e. The van der Waals surface area contributed by atoms with Gasteiger partial charge in [-0.3, -0.25) is 0 Å². The quantitative estimate of drug-likeness (QED) is 0.834. The van der Waals surface area contributed by atoms with Crippen LogP contribution in [0.2, 0.25) is 0 Å². The molecule has 0 aliphatic heterocycles. The van der Waals surface area contributed by atoms with Crippen LogP contribution in [-0.2, 0) is 0 Å². The Bertz CT molecular complexity index is 392. The lowest BCUT2D eigenvalue weighted by atomic mass is 9.90. The molecule has 17 heavy (non-hydrogen) atoms. The van der Waals surface area contributed by atoms with E-state index in [1.807, 2.05) is 20.9 Å². The minimum absolute atomic E-state index is 0.221. The van der Waals surface area contributed by atoms with Gasteiger partial charge >= 0.3 is 0 Å². The molecule has 0 bridgehead atoms. The predicted molar refractivity (Wildman–Crippen MR) is 67.9 cm³/mol. The van der Waals surface area contributed by atoms with Crippen LogP contribution in [0.1, 0.15) is 37.1 Å². The average molecular weight is 235 g/mol. The molecule has 0 amide bonds. The van der Waals surface area contributed by atoms with Gasteiger partial charge in [0.05, 0.1) is 11.4 Å². The van der Waals surface area contributed by atoms with Gasteiger partial charge in [0.25, 0.3) is 0 Å². The molecule has 2 N–H and O–H groups in total. The van der Waals surface area contributed by atoms with Gasteiger partial charge in [-0.1, -0.05) is 12.8 Å². The highest BCUT2D eigenvalue weighted by molar-refractivity contribution is 5.31. The zero-order valence-electron chi connectivity index (χ0n) is 10.8. The lowest BCUT2D eigenvalue weighted by Gasteiger charge is -2.35. The minimum Gasteiger partial charge on any atom is -0.338 e. The van der Waals surface area contributed by atoms with Crippen molar-refractivity contribution in [3.8, 4) is 0 Å². The number of aryl methyl sites for hydroxylation is 2. The summed E-state index contributed by atoms with van der Waals surface area (Å²) in [6.45, 7) is 3.88. The average Bonchev–Trinajstić information content (AvgIpc) is 2.32. The monoisotopic (exact) mass is 235 g/mol. The second-order valence-electron chi connectivity index (χ2n) is 4.91. The van der Waals surface area contributed by atoms with Crippen LogP contribution < -0.4 is 10.6 Å². The van der Waals surface area contributed by atoms with Crippen molar-refractivity contribution in [1.29, 1.82) is 0 Å². The van der Waals surface area contributed by atoms with Crippen LogP contribution in [0, 0.1) is 13.8 Å². The highest BCUT2D eigenvalue weighted by Gasteiger charge is 2.27. The molecule has 1 aromatic heterocycles. The summed E-state index contributed by atoms with van der Waals surface area (Å²) in [5, 5.41) is 8.28. The maximum absolute atomic E-state index is 6.17. The van der Waals surface area contributed by atoms with Crippen molar-refractivity contribution in [3.63, 3.8) is 0 Å². The molecule has 1 aromatic rings. The van der Waals surface area contributed by atoms with E-state index in [1.54, 1.807) is 0 Å². The van der Waals surface area contributed by atoms with Gasteiger partial charge in [0.1, 0.15) is 0 Å². The Morgan fingerprint density at radius 1 is 1.12 bits per heavy atom. The Balaban J connectivity index is 2.17. The summed E-state index contributed by atoms with van der Waals surface area (Å²) in [4.78, 5) is 6.57. The number of anilines is 1. The first-order chi connectivity index (χ1) is 8.09. The van der Waals surface area contributed by atoms with Crippen molar-refractivity contribution >= 4 is 5.95 Å². The summed E-state index contributed by atoms with van der Waals surface area (Å²) < 4.78 is 0. The maximum Gasteiger partial charge on any atom is 0.245 e. The molecule has 2 unspecified atom stereocenters. The smallest absolute Gasteiger partial charge is 0.245 e. The van der Waals surface area contributed by atoms with Gasteiger partial charge in [-0.25, -0.2) is 4.98 Å². The molecule has 2 atom stereocenters. The molecule has 1 heterocycles. The fourth-order valence-electron chi connectivity index (χ4n) is 2.36. The molecule has 1 aliphatic rings. The molecule has 5 nitrogen and oxygen atoms in total. The molecule has 0 radical (unpaired) electrons. The van der Waals surface area contributed by atoms with Crippen molar-refractivity contribution in [3.05, 3.63) is 11.4 Å². The number of aromatic nitrogens is 3. The summed E-state index contributed by atoms with van der Waals surface area (Å²) in [5.41, 5.74) is 7.99. The lowest BCUT2D eigenvalue weighted by molar-refractivity contribution is 0.370. The van der Waals surface area contributed by atoms with Gasteiger partial charge in [0, 0.05) is 19.1 Å². The summed E-state index contributed by atoms with van der Waals surface area (Å²) in [7, 11) is 2.02. The van der Waals surface area contributed by atoms with Crippen molar-refractivity contribution in [1.82, 2.24) is 15.2 Å². The van der Waals surface area contributed by atoms with Gasteiger partial charge in [0.15, 0.2) is 0 Å². The first kappa shape index (κ1) is 12.2. The molecule has 0 saturated heterocycles. The summed E-state index contributed by atoms with van der Waals surface area (Å²) in [6, 6.07) is 0.562. The number of hydrogen-bond acceptors (Lipinski definition) is 5. The molecule has 94 valence electrons. The molecule has 1 fully saturated rings. The molecule has 1 aliphatic carbocycles. The number of hydrogen-bond donors (Lipinski definition) is 1. The topological polar surface area (TPSA) is 67.9 Å². The van der Waals surface area contributed by atoms with Crippen molar-refractivity contribution in [2.75, 3.05) is 11.9 Å². The van der Waals surface area contributed by atoms with Crippen molar-refractivity contribution < 1.29 is 0 Å². The summed E-state index contributed by atoms with van der Waals surface area (Å²) in [5.74, 6) is 0.690. The lowest BCUT2D eigenvalue weighted by Crippen LogP contribution is -2.48. The van der Waals surface area contributed by atoms with E-state index in [0.29, 0.717) is 12.0 Å². The Kier molecular flexibility index (Phi) is 3.57. The number of likely N-dealkylation sites (N-methyl/N-ethyl adjacent to an activating group) is 1. The predicted octanol–water partition coefficient (Wildman–Crippen LogP) is 1.19. The van der Waals surface area contributed by atoms with Crippen LogP contribution >= 0.6 is 0 Å². The van der Waals surface area contributed by atoms with E-state index in [0.717, 1.165) is 24.2 Å². The molecule has 1 saturated carbocycles.